The van der Waals surface area contributed by atoms with Gasteiger partial charge in [0.25, 0.3) is 0 Å². The molecule has 0 saturated carbocycles. The number of allylic oxidation sites excluding steroid dienone is 2. The molecule has 0 aliphatic heterocycles. The van der Waals surface area contributed by atoms with Gasteiger partial charge in [0, 0.05) is 5.70 Å². The van der Waals surface area contributed by atoms with Crippen LogP contribution in [0.2, 0.25) is 2.82 Å². The number of hydrogen-bond donors (Lipinski definition) is 1. The van der Waals surface area contributed by atoms with Crippen LogP contribution in [-0.4, -0.2) is 0 Å². The first-order valence-corrected chi connectivity index (χ1v) is 4.80. The lowest BCUT2D eigenvalue weighted by atomic mass is 9.88. The predicted molar refractivity (Wildman–Crippen MR) is 55.7 cm³/mol. The van der Waals surface area contributed by atoms with Crippen molar-refractivity contribution in [3.8, 4) is 0 Å². The third-order valence-corrected chi connectivity index (χ3v) is 2.09. The first-order chi connectivity index (χ1) is 6.29. The van der Waals surface area contributed by atoms with E-state index >= 15 is 0 Å². The van der Waals surface area contributed by atoms with Crippen LogP contribution < -0.4 is 5.72 Å². The standard InChI is InChI=1S/C11H23N/c1-7(2)10(8(3)4)11(12)9(5)6/h7-9H,12H2,1-6H3/i/hD2. The molecule has 2 N–H and O–H groups in total. The minimum absolute atomic E-state index is 0.241. The molecular weight excluding hydrogens is 146 g/mol. The van der Waals surface area contributed by atoms with Gasteiger partial charge >= 0.3 is 0 Å². The van der Waals surface area contributed by atoms with E-state index in [1.165, 1.54) is 5.57 Å². The Morgan fingerprint density at radius 1 is 0.917 bits per heavy atom. The molecule has 0 aromatic carbocycles. The first kappa shape index (κ1) is 8.15. The second kappa shape index (κ2) is 4.54. The fourth-order valence-electron chi connectivity index (χ4n) is 1.59. The molecule has 1 nitrogen and oxygen atoms in total. The van der Waals surface area contributed by atoms with E-state index in [9.17, 15) is 0 Å². The van der Waals surface area contributed by atoms with Crippen LogP contribution in [0.15, 0.2) is 11.3 Å². The SMILES string of the molecule is [2H]N([2H])C(=C(C(C)C)C(C)C)C(C)C. The highest BCUT2D eigenvalue weighted by molar-refractivity contribution is 5.16. The average Bonchev–Trinajstić information content (AvgIpc) is 1.96. The molecule has 0 amide bonds. The summed E-state index contributed by atoms with van der Waals surface area (Å²) in [5.41, 5.74) is 2.85. The van der Waals surface area contributed by atoms with Crippen LogP contribution in [0.5, 0.6) is 0 Å². The Kier molecular flexibility index (Phi) is 3.08. The third kappa shape index (κ3) is 2.88. The van der Waals surface area contributed by atoms with Crippen LogP contribution in [0.25, 0.3) is 0 Å². The molecule has 1 heteroatoms. The van der Waals surface area contributed by atoms with Gasteiger partial charge in [0.15, 0.2) is 2.82 Å². The van der Waals surface area contributed by atoms with Gasteiger partial charge in [-0.15, -0.1) is 0 Å². The van der Waals surface area contributed by atoms with Gasteiger partial charge in [0.05, 0.1) is 0 Å². The van der Waals surface area contributed by atoms with Gasteiger partial charge in [-0.2, -0.15) is 0 Å². The van der Waals surface area contributed by atoms with Gasteiger partial charge in [-0.3, -0.25) is 0 Å². The first-order valence-electron chi connectivity index (χ1n) is 5.70. The second-order valence-corrected chi connectivity index (χ2v) is 4.30. The lowest BCUT2D eigenvalue weighted by molar-refractivity contribution is 0.584. The Morgan fingerprint density at radius 3 is 1.42 bits per heavy atom. The topological polar surface area (TPSA) is 26.0 Å². The minimum atomic E-state index is 0.241. The number of nitrogens with two attached hydrogens (primary N) is 1. The molecule has 0 saturated heterocycles. The number of hydrogen-bond acceptors (Lipinski definition) is 1. The Labute approximate surface area is 80.0 Å². The summed E-state index contributed by atoms with van der Waals surface area (Å²) in [6.07, 6.45) is 0. The average molecular weight is 171 g/mol. The van der Waals surface area contributed by atoms with Gasteiger partial charge < -0.3 is 5.72 Å². The summed E-state index contributed by atoms with van der Waals surface area (Å²) < 4.78 is 14.8. The van der Waals surface area contributed by atoms with Crippen molar-refractivity contribution >= 4 is 0 Å². The quantitative estimate of drug-likeness (QED) is 0.691. The summed E-state index contributed by atoms with van der Waals surface area (Å²) in [5, 5.41) is 0. The van der Waals surface area contributed by atoms with E-state index in [0.717, 1.165) is 11.4 Å². The van der Waals surface area contributed by atoms with Crippen molar-refractivity contribution in [2.75, 3.05) is 0 Å². The zero-order chi connectivity index (χ0) is 11.5. The van der Waals surface area contributed by atoms with Crippen molar-refractivity contribution in [3.05, 3.63) is 11.3 Å². The van der Waals surface area contributed by atoms with E-state index in [1.807, 2.05) is 13.8 Å². The summed E-state index contributed by atoms with van der Waals surface area (Å²) >= 11 is 0. The van der Waals surface area contributed by atoms with Crippen molar-refractivity contribution in [1.82, 2.24) is 0 Å². The lowest BCUT2D eigenvalue weighted by Gasteiger charge is -2.21. The van der Waals surface area contributed by atoms with E-state index in [0.29, 0.717) is 11.8 Å². The highest BCUT2D eigenvalue weighted by Crippen LogP contribution is 2.24. The van der Waals surface area contributed by atoms with Gasteiger partial charge in [-0.25, -0.2) is 0 Å². The molecule has 0 aromatic rings. The summed E-state index contributed by atoms with van der Waals surface area (Å²) in [4.78, 5) is 0. The van der Waals surface area contributed by atoms with Gasteiger partial charge in [-0.05, 0) is 23.3 Å². The Morgan fingerprint density at radius 2 is 1.33 bits per heavy atom. The van der Waals surface area contributed by atoms with Crippen molar-refractivity contribution in [1.29, 1.82) is 0 Å². The van der Waals surface area contributed by atoms with Crippen molar-refractivity contribution in [3.63, 3.8) is 0 Å². The zero-order valence-electron chi connectivity index (χ0n) is 11.2. The van der Waals surface area contributed by atoms with Gasteiger partial charge in [0.2, 0.25) is 0 Å². The smallest absolute Gasteiger partial charge is 0.156 e. The summed E-state index contributed by atoms with van der Waals surface area (Å²) in [6.45, 7) is 12.6. The van der Waals surface area contributed by atoms with Crippen LogP contribution in [0.3, 0.4) is 0 Å². The largest absolute Gasteiger partial charge is 0.402 e. The molecule has 0 atom stereocenters. The molecule has 0 fully saturated rings. The Bertz CT molecular complexity index is 163. The van der Waals surface area contributed by atoms with Crippen LogP contribution in [-0.2, 0) is 0 Å². The monoisotopic (exact) mass is 171 g/mol. The Hall–Kier alpha value is -0.460. The molecule has 12 heavy (non-hydrogen) atoms. The fourth-order valence-corrected chi connectivity index (χ4v) is 1.59. The highest BCUT2D eigenvalue weighted by atomic mass is 14.6. The van der Waals surface area contributed by atoms with Crippen molar-refractivity contribution in [2.24, 2.45) is 23.5 Å². The normalized spacial score (nSPS) is 13.4. The lowest BCUT2D eigenvalue weighted by Crippen LogP contribution is -2.16. The van der Waals surface area contributed by atoms with Crippen molar-refractivity contribution < 1.29 is 2.82 Å². The van der Waals surface area contributed by atoms with Gasteiger partial charge in [-0.1, -0.05) is 41.5 Å². The zero-order valence-corrected chi connectivity index (χ0v) is 9.18. The molecule has 0 aromatic heterocycles. The van der Waals surface area contributed by atoms with Crippen molar-refractivity contribution in [2.45, 2.75) is 41.5 Å². The molecule has 72 valence electrons. The minimum Gasteiger partial charge on any atom is -0.402 e. The molecule has 0 aliphatic carbocycles. The van der Waals surface area contributed by atoms with E-state index in [2.05, 4.69) is 27.7 Å². The van der Waals surface area contributed by atoms with Crippen LogP contribution in [0, 0.1) is 17.8 Å². The molecule has 0 radical (unpaired) electrons. The molecule has 0 spiro atoms. The van der Waals surface area contributed by atoms with E-state index in [1.54, 1.807) is 0 Å². The Balaban J connectivity index is 5.27. The second-order valence-electron chi connectivity index (χ2n) is 4.30. The summed E-state index contributed by atoms with van der Waals surface area (Å²) in [6, 6.07) is 0. The molecular formula is C11H23N. The van der Waals surface area contributed by atoms with E-state index in [4.69, 9.17) is 2.82 Å². The van der Waals surface area contributed by atoms with E-state index in [-0.39, 0.29) is 5.92 Å². The van der Waals surface area contributed by atoms with Crippen LogP contribution in [0.1, 0.15) is 41.5 Å². The van der Waals surface area contributed by atoms with Gasteiger partial charge in [0.1, 0.15) is 0 Å². The highest BCUT2D eigenvalue weighted by Gasteiger charge is 2.13. The number of rotatable bonds is 4. The molecule has 0 rings (SSSR count). The van der Waals surface area contributed by atoms with Crippen LogP contribution >= 0.6 is 0 Å². The molecule has 0 bridgehead atoms. The molecule has 0 aliphatic rings. The fraction of sp³-hybridized carbons (Fsp3) is 0.818. The maximum atomic E-state index is 7.42. The third-order valence-electron chi connectivity index (χ3n) is 2.09. The predicted octanol–water partition coefficient (Wildman–Crippen LogP) is 3.17. The molecule has 0 heterocycles. The maximum absolute atomic E-state index is 7.42. The van der Waals surface area contributed by atoms with Crippen LogP contribution in [0.4, 0.5) is 0 Å². The van der Waals surface area contributed by atoms with E-state index < -0.39 is 0 Å². The molecule has 0 unspecified atom stereocenters. The summed E-state index contributed by atoms with van der Waals surface area (Å²) in [7, 11) is 0. The summed E-state index contributed by atoms with van der Waals surface area (Å²) in [5.74, 6) is 1.06. The maximum Gasteiger partial charge on any atom is 0.156 e.